The van der Waals surface area contributed by atoms with E-state index in [1.165, 1.54) is 55.2 Å². The number of carbonyl (C=O) groups is 1. The minimum atomic E-state index is -0.154. The van der Waals surface area contributed by atoms with Crippen LogP contribution in [0.15, 0.2) is 4.34 Å². The van der Waals surface area contributed by atoms with E-state index in [1.807, 2.05) is 6.92 Å². The summed E-state index contributed by atoms with van der Waals surface area (Å²) in [7, 11) is 1.66. The molecule has 0 bridgehead atoms. The first kappa shape index (κ1) is 18.5. The van der Waals surface area contributed by atoms with E-state index in [1.54, 1.807) is 7.11 Å². The van der Waals surface area contributed by atoms with Gasteiger partial charge in [-0.2, -0.15) is 0 Å². The van der Waals surface area contributed by atoms with Gasteiger partial charge >= 0.3 is 0 Å². The number of carbonyl (C=O) groups excluding carboxylic acids is 1. The lowest BCUT2D eigenvalue weighted by Gasteiger charge is -2.22. The zero-order valence-corrected chi connectivity index (χ0v) is 15.5. The maximum atomic E-state index is 12.2. The summed E-state index contributed by atoms with van der Waals surface area (Å²) in [4.78, 5) is 12.2. The Morgan fingerprint density at radius 3 is 2.91 bits per heavy atom. The van der Waals surface area contributed by atoms with E-state index in [4.69, 9.17) is 4.74 Å². The van der Waals surface area contributed by atoms with Crippen molar-refractivity contribution in [2.75, 3.05) is 32.1 Å². The first-order valence-electron chi connectivity index (χ1n) is 8.19. The molecule has 1 aliphatic carbocycles. The van der Waals surface area contributed by atoms with Gasteiger partial charge in [-0.1, -0.05) is 42.4 Å². The number of amides is 1. The second-order valence-corrected chi connectivity index (χ2v) is 8.37. The second-order valence-electron chi connectivity index (χ2n) is 5.80. The third-order valence-corrected chi connectivity index (χ3v) is 5.99. The van der Waals surface area contributed by atoms with Gasteiger partial charge in [-0.25, -0.2) is 0 Å². The van der Waals surface area contributed by atoms with Crippen LogP contribution in [0.25, 0.3) is 0 Å². The third kappa shape index (κ3) is 6.64. The number of hydrogen-bond donors (Lipinski definition) is 2. The number of methoxy groups -OCH3 is 1. The van der Waals surface area contributed by atoms with Crippen LogP contribution in [-0.4, -0.2) is 48.2 Å². The molecule has 1 aliphatic rings. The predicted molar refractivity (Wildman–Crippen MR) is 95.2 cm³/mol. The maximum Gasteiger partial charge on any atom is 0.233 e. The van der Waals surface area contributed by atoms with Crippen molar-refractivity contribution < 1.29 is 9.53 Å². The average molecular weight is 359 g/mol. The van der Waals surface area contributed by atoms with Gasteiger partial charge in [0.2, 0.25) is 11.0 Å². The van der Waals surface area contributed by atoms with Crippen molar-refractivity contribution in [2.45, 2.75) is 48.6 Å². The highest BCUT2D eigenvalue weighted by Gasteiger charge is 2.19. The number of nitrogens with one attached hydrogen (secondary N) is 2. The zero-order valence-electron chi connectivity index (χ0n) is 13.8. The van der Waals surface area contributed by atoms with Gasteiger partial charge in [-0.15, -0.1) is 10.2 Å². The van der Waals surface area contributed by atoms with Crippen LogP contribution in [0.5, 0.6) is 0 Å². The molecule has 1 atom stereocenters. The molecule has 1 amide bonds. The number of nitrogens with zero attached hydrogens (tertiary/aromatic N) is 2. The quantitative estimate of drug-likeness (QED) is 0.522. The molecule has 6 nitrogen and oxygen atoms in total. The van der Waals surface area contributed by atoms with Gasteiger partial charge in [-0.3, -0.25) is 4.79 Å². The molecule has 23 heavy (non-hydrogen) atoms. The van der Waals surface area contributed by atoms with Crippen LogP contribution in [0.1, 0.15) is 39.0 Å². The van der Waals surface area contributed by atoms with Gasteiger partial charge in [0.25, 0.3) is 0 Å². The summed E-state index contributed by atoms with van der Waals surface area (Å²) in [5.41, 5.74) is 0. The Bertz CT molecular complexity index is 478. The normalized spacial score (nSPS) is 17.0. The number of thioether (sulfide) groups is 1. The Morgan fingerprint density at radius 1 is 1.39 bits per heavy atom. The Morgan fingerprint density at radius 2 is 2.17 bits per heavy atom. The number of aromatic nitrogens is 2. The highest BCUT2D eigenvalue weighted by atomic mass is 32.2. The maximum absolute atomic E-state index is 12.2. The summed E-state index contributed by atoms with van der Waals surface area (Å²) in [6.07, 6.45) is 6.43. The van der Waals surface area contributed by atoms with E-state index in [-0.39, 0.29) is 11.2 Å². The summed E-state index contributed by atoms with van der Waals surface area (Å²) >= 11 is 2.93. The molecule has 0 aliphatic heterocycles. The molecule has 1 saturated carbocycles. The Balaban J connectivity index is 1.70. The van der Waals surface area contributed by atoms with Crippen molar-refractivity contribution >= 4 is 34.1 Å². The lowest BCUT2D eigenvalue weighted by Crippen LogP contribution is -2.35. The minimum absolute atomic E-state index is 0.0877. The van der Waals surface area contributed by atoms with E-state index in [9.17, 15) is 4.79 Å². The van der Waals surface area contributed by atoms with Crippen LogP contribution in [0.3, 0.4) is 0 Å². The van der Waals surface area contributed by atoms with E-state index >= 15 is 0 Å². The lowest BCUT2D eigenvalue weighted by atomic mass is 9.89. The van der Waals surface area contributed by atoms with Gasteiger partial charge in [-0.05, 0) is 25.7 Å². The summed E-state index contributed by atoms with van der Waals surface area (Å²) in [6, 6.07) is 0. The molecule has 1 aromatic rings. The van der Waals surface area contributed by atoms with Crippen molar-refractivity contribution in [3.63, 3.8) is 0 Å². The first-order chi connectivity index (χ1) is 11.2. The second kappa shape index (κ2) is 10.1. The van der Waals surface area contributed by atoms with Crippen molar-refractivity contribution in [3.05, 3.63) is 0 Å². The number of ether oxygens (including phenoxy) is 1. The van der Waals surface area contributed by atoms with E-state index < -0.39 is 0 Å². The monoisotopic (exact) mass is 358 g/mol. The smallest absolute Gasteiger partial charge is 0.233 e. The van der Waals surface area contributed by atoms with Gasteiger partial charge in [0.15, 0.2) is 4.34 Å². The average Bonchev–Trinajstić information content (AvgIpc) is 3.01. The van der Waals surface area contributed by atoms with E-state index in [2.05, 4.69) is 20.8 Å². The summed E-state index contributed by atoms with van der Waals surface area (Å²) in [5.74, 6) is 0.743. The Labute approximate surface area is 146 Å². The molecule has 0 unspecified atom stereocenters. The molecular formula is C15H26N4O2S2. The summed E-state index contributed by atoms with van der Waals surface area (Å²) in [5, 5.41) is 15.0. The number of rotatable bonds is 9. The van der Waals surface area contributed by atoms with Crippen LogP contribution >= 0.6 is 23.1 Å². The highest BCUT2D eigenvalue weighted by Crippen LogP contribution is 2.29. The van der Waals surface area contributed by atoms with Crippen molar-refractivity contribution in [3.8, 4) is 0 Å². The van der Waals surface area contributed by atoms with Crippen molar-refractivity contribution in [1.29, 1.82) is 0 Å². The van der Waals surface area contributed by atoms with E-state index in [0.717, 1.165) is 16.0 Å². The molecule has 1 fully saturated rings. The van der Waals surface area contributed by atoms with Gasteiger partial charge < -0.3 is 15.4 Å². The molecule has 130 valence electrons. The van der Waals surface area contributed by atoms with Gasteiger partial charge in [0, 0.05) is 20.2 Å². The molecular weight excluding hydrogens is 332 g/mol. The largest absolute Gasteiger partial charge is 0.383 e. The van der Waals surface area contributed by atoms with Crippen LogP contribution in [-0.2, 0) is 9.53 Å². The minimum Gasteiger partial charge on any atom is -0.383 e. The standard InChI is InChI=1S/C15H26N4O2S2/c1-11(13(20)17-10-12-6-4-3-5-7-12)22-15-19-18-14(23-15)16-8-9-21-2/h11-12H,3-10H2,1-2H3,(H,16,18)(H,17,20)/t11-/m0/s1. The molecule has 0 radical (unpaired) electrons. The number of anilines is 1. The zero-order chi connectivity index (χ0) is 16.5. The molecule has 0 aromatic carbocycles. The molecule has 2 rings (SSSR count). The third-order valence-electron chi connectivity index (χ3n) is 3.93. The number of hydrogen-bond acceptors (Lipinski definition) is 7. The molecule has 2 N–H and O–H groups in total. The van der Waals surface area contributed by atoms with Crippen molar-refractivity contribution in [2.24, 2.45) is 5.92 Å². The Hall–Kier alpha value is -0.860. The molecule has 1 heterocycles. The topological polar surface area (TPSA) is 76.1 Å². The van der Waals surface area contributed by atoms with Gasteiger partial charge in [0.1, 0.15) is 0 Å². The molecule has 0 spiro atoms. The fourth-order valence-corrected chi connectivity index (χ4v) is 4.52. The molecule has 1 aromatic heterocycles. The molecule has 8 heteroatoms. The van der Waals surface area contributed by atoms with Gasteiger partial charge in [0.05, 0.1) is 11.9 Å². The highest BCUT2D eigenvalue weighted by molar-refractivity contribution is 8.02. The summed E-state index contributed by atoms with van der Waals surface area (Å²) < 4.78 is 5.79. The fraction of sp³-hybridized carbons (Fsp3) is 0.800. The van der Waals surface area contributed by atoms with Crippen LogP contribution < -0.4 is 10.6 Å². The van der Waals surface area contributed by atoms with Crippen LogP contribution in [0.2, 0.25) is 0 Å². The van der Waals surface area contributed by atoms with E-state index in [0.29, 0.717) is 19.1 Å². The van der Waals surface area contributed by atoms with Crippen LogP contribution in [0, 0.1) is 5.92 Å². The Kier molecular flexibility index (Phi) is 8.11. The van der Waals surface area contributed by atoms with Crippen molar-refractivity contribution in [1.82, 2.24) is 15.5 Å². The fourth-order valence-electron chi connectivity index (χ4n) is 2.57. The lowest BCUT2D eigenvalue weighted by molar-refractivity contribution is -0.120. The first-order valence-corrected chi connectivity index (χ1v) is 9.89. The summed E-state index contributed by atoms with van der Waals surface area (Å²) in [6.45, 7) is 4.05. The van der Waals surface area contributed by atoms with Crippen LogP contribution in [0.4, 0.5) is 5.13 Å². The predicted octanol–water partition coefficient (Wildman–Crippen LogP) is 2.77. The SMILES string of the molecule is COCCNc1nnc(S[C@@H](C)C(=O)NCC2CCCCC2)s1. The molecule has 0 saturated heterocycles.